The van der Waals surface area contributed by atoms with Crippen LogP contribution in [0.15, 0.2) is 18.2 Å². The number of likely N-dealkylation sites (N-methyl/N-ethyl adjacent to an activating group) is 1. The first-order valence-electron chi connectivity index (χ1n) is 8.32. The van der Waals surface area contributed by atoms with Gasteiger partial charge in [0.05, 0.1) is 12.5 Å². The average Bonchev–Trinajstić information content (AvgIpc) is 2.47. The highest BCUT2D eigenvalue weighted by molar-refractivity contribution is 5.83. The summed E-state index contributed by atoms with van der Waals surface area (Å²) < 4.78 is 11.6. The lowest BCUT2D eigenvalue weighted by Crippen LogP contribution is -2.42. The minimum Gasteiger partial charge on any atom is -0.493 e. The van der Waals surface area contributed by atoms with Gasteiger partial charge in [-0.1, -0.05) is 12.5 Å². The molecule has 1 atom stereocenters. The van der Waals surface area contributed by atoms with Crippen LogP contribution in [0.5, 0.6) is 11.5 Å². The molecule has 23 heavy (non-hydrogen) atoms. The lowest BCUT2D eigenvalue weighted by atomic mass is 9.64. The van der Waals surface area contributed by atoms with Crippen LogP contribution in [-0.4, -0.2) is 49.3 Å². The van der Waals surface area contributed by atoms with Gasteiger partial charge < -0.3 is 19.5 Å². The molecule has 3 rings (SSSR count). The second kappa shape index (κ2) is 6.40. The summed E-state index contributed by atoms with van der Waals surface area (Å²) >= 11 is 0. The monoisotopic (exact) mass is 319 g/mol. The van der Waals surface area contributed by atoms with E-state index < -0.39 is 11.4 Å². The first-order chi connectivity index (χ1) is 11.0. The third-order valence-corrected chi connectivity index (χ3v) is 5.21. The van der Waals surface area contributed by atoms with Crippen LogP contribution in [0.1, 0.15) is 37.7 Å². The van der Waals surface area contributed by atoms with E-state index in [4.69, 9.17) is 9.47 Å². The maximum atomic E-state index is 11.7. The molecule has 1 aliphatic heterocycles. The number of carboxylic acid groups (broad SMARTS) is 1. The summed E-state index contributed by atoms with van der Waals surface area (Å²) in [5.41, 5.74) is 0.0813. The van der Waals surface area contributed by atoms with Crippen molar-refractivity contribution in [3.8, 4) is 11.5 Å². The number of nitrogens with zero attached hydrogens (tertiary/aromatic N) is 1. The topological polar surface area (TPSA) is 59.0 Å². The number of hydrogen-bond donors (Lipinski definition) is 1. The maximum absolute atomic E-state index is 11.7. The number of carboxylic acids is 1. The Balaban J connectivity index is 1.81. The summed E-state index contributed by atoms with van der Waals surface area (Å²) in [5, 5.41) is 9.58. The van der Waals surface area contributed by atoms with Gasteiger partial charge in [-0.15, -0.1) is 0 Å². The van der Waals surface area contributed by atoms with E-state index >= 15 is 0 Å². The van der Waals surface area contributed by atoms with E-state index in [1.807, 2.05) is 18.2 Å². The minimum absolute atomic E-state index is 0.158. The normalized spacial score (nSPS) is 23.8. The second-order valence-electron chi connectivity index (χ2n) is 6.75. The molecule has 5 heteroatoms. The van der Waals surface area contributed by atoms with Gasteiger partial charge in [-0.05, 0) is 57.0 Å². The van der Waals surface area contributed by atoms with Gasteiger partial charge >= 0.3 is 5.97 Å². The zero-order valence-corrected chi connectivity index (χ0v) is 13.9. The Morgan fingerprint density at radius 1 is 1.30 bits per heavy atom. The first kappa shape index (κ1) is 16.1. The summed E-state index contributed by atoms with van der Waals surface area (Å²) in [5.74, 6) is 0.591. The lowest BCUT2D eigenvalue weighted by Gasteiger charge is -2.38. The van der Waals surface area contributed by atoms with E-state index in [2.05, 4.69) is 11.9 Å². The van der Waals surface area contributed by atoms with Gasteiger partial charge in [-0.2, -0.15) is 0 Å². The van der Waals surface area contributed by atoms with E-state index in [-0.39, 0.29) is 6.10 Å². The number of benzene rings is 1. The predicted octanol–water partition coefficient (Wildman–Crippen LogP) is 2.67. The predicted molar refractivity (Wildman–Crippen MR) is 87.3 cm³/mol. The molecule has 0 radical (unpaired) electrons. The second-order valence-corrected chi connectivity index (χ2v) is 6.75. The number of likely N-dealkylation sites (tertiary alicyclic amines) is 1. The third kappa shape index (κ3) is 3.02. The molecule has 5 nitrogen and oxygen atoms in total. The van der Waals surface area contributed by atoms with E-state index in [1.54, 1.807) is 7.11 Å². The highest BCUT2D eigenvalue weighted by atomic mass is 16.5. The van der Waals surface area contributed by atoms with E-state index in [0.29, 0.717) is 24.3 Å². The van der Waals surface area contributed by atoms with Crippen molar-refractivity contribution in [3.05, 3.63) is 23.8 Å². The molecule has 2 aliphatic rings. The summed E-state index contributed by atoms with van der Waals surface area (Å²) in [6.45, 7) is 2.01. The fraction of sp³-hybridized carbons (Fsp3) is 0.611. The highest BCUT2D eigenvalue weighted by Crippen LogP contribution is 2.46. The molecule has 0 amide bonds. The number of hydrogen-bond acceptors (Lipinski definition) is 4. The molecule has 1 N–H and O–H groups in total. The molecular weight excluding hydrogens is 294 g/mol. The minimum atomic E-state index is -0.742. The van der Waals surface area contributed by atoms with Crippen molar-refractivity contribution >= 4 is 5.97 Å². The van der Waals surface area contributed by atoms with Crippen molar-refractivity contribution in [1.29, 1.82) is 0 Å². The van der Waals surface area contributed by atoms with Crippen molar-refractivity contribution in [2.75, 3.05) is 27.2 Å². The Morgan fingerprint density at radius 2 is 2.09 bits per heavy atom. The first-order valence-corrected chi connectivity index (χ1v) is 8.32. The van der Waals surface area contributed by atoms with Crippen molar-refractivity contribution in [2.45, 2.75) is 43.6 Å². The number of rotatable bonds is 5. The van der Waals surface area contributed by atoms with Crippen LogP contribution < -0.4 is 9.47 Å². The van der Waals surface area contributed by atoms with Crippen molar-refractivity contribution in [1.82, 2.24) is 4.90 Å². The lowest BCUT2D eigenvalue weighted by molar-refractivity contribution is -0.147. The van der Waals surface area contributed by atoms with Gasteiger partial charge in [0.15, 0.2) is 11.5 Å². The molecule has 1 unspecified atom stereocenters. The van der Waals surface area contributed by atoms with Crippen LogP contribution in [0.25, 0.3) is 0 Å². The van der Waals surface area contributed by atoms with Crippen LogP contribution in [-0.2, 0) is 10.2 Å². The van der Waals surface area contributed by atoms with Gasteiger partial charge in [0.25, 0.3) is 0 Å². The number of carbonyl (C=O) groups is 1. The number of methoxy groups -OCH3 is 1. The van der Waals surface area contributed by atoms with Crippen molar-refractivity contribution < 1.29 is 19.4 Å². The SMILES string of the molecule is COc1cc(C2(C(=O)O)CCC2)ccc1OC1CCCN(C)C1. The molecular formula is C18H25NO4. The van der Waals surface area contributed by atoms with Crippen LogP contribution in [0, 0.1) is 0 Å². The average molecular weight is 319 g/mol. The Bertz CT molecular complexity index is 582. The van der Waals surface area contributed by atoms with Crippen molar-refractivity contribution in [2.24, 2.45) is 0 Å². The summed E-state index contributed by atoms with van der Waals surface area (Å²) in [6.07, 6.45) is 4.67. The Morgan fingerprint density at radius 3 is 2.65 bits per heavy atom. The third-order valence-electron chi connectivity index (χ3n) is 5.21. The van der Waals surface area contributed by atoms with Gasteiger partial charge in [0, 0.05) is 6.54 Å². The smallest absolute Gasteiger partial charge is 0.314 e. The molecule has 0 spiro atoms. The van der Waals surface area contributed by atoms with Crippen LogP contribution in [0.4, 0.5) is 0 Å². The summed E-state index contributed by atoms with van der Waals surface area (Å²) in [7, 11) is 3.70. The van der Waals surface area contributed by atoms with Crippen LogP contribution >= 0.6 is 0 Å². The Kier molecular flexibility index (Phi) is 4.48. The van der Waals surface area contributed by atoms with E-state index in [1.165, 1.54) is 0 Å². The van der Waals surface area contributed by atoms with Gasteiger partial charge in [0.1, 0.15) is 6.10 Å². The van der Waals surface area contributed by atoms with Crippen molar-refractivity contribution in [3.63, 3.8) is 0 Å². The van der Waals surface area contributed by atoms with Crippen LogP contribution in [0.2, 0.25) is 0 Å². The zero-order valence-electron chi connectivity index (χ0n) is 13.9. The molecule has 1 aromatic rings. The van der Waals surface area contributed by atoms with Gasteiger partial charge in [0.2, 0.25) is 0 Å². The molecule has 1 aromatic carbocycles. The molecule has 2 fully saturated rings. The molecule has 1 aliphatic carbocycles. The standard InChI is InChI=1S/C18H25NO4/c1-19-10-3-5-14(12-19)23-15-7-6-13(11-16(15)22-2)18(17(20)21)8-4-9-18/h6-7,11,14H,3-5,8-10,12H2,1-2H3,(H,20,21). The van der Waals surface area contributed by atoms with E-state index in [0.717, 1.165) is 37.9 Å². The molecule has 1 heterocycles. The fourth-order valence-electron chi connectivity index (χ4n) is 3.61. The summed E-state index contributed by atoms with van der Waals surface area (Å²) in [4.78, 5) is 13.9. The fourth-order valence-corrected chi connectivity index (χ4v) is 3.61. The number of aliphatic carboxylic acids is 1. The molecule has 126 valence electrons. The molecule has 0 bridgehead atoms. The van der Waals surface area contributed by atoms with E-state index in [9.17, 15) is 9.90 Å². The van der Waals surface area contributed by atoms with Gasteiger partial charge in [-0.3, -0.25) is 4.79 Å². The Hall–Kier alpha value is -1.75. The molecule has 1 saturated heterocycles. The van der Waals surface area contributed by atoms with Gasteiger partial charge in [-0.25, -0.2) is 0 Å². The summed E-state index contributed by atoms with van der Waals surface area (Å²) in [6, 6.07) is 5.60. The number of ether oxygens (including phenoxy) is 2. The number of piperidine rings is 1. The molecule has 1 saturated carbocycles. The molecule has 0 aromatic heterocycles. The van der Waals surface area contributed by atoms with Crippen LogP contribution in [0.3, 0.4) is 0 Å². The zero-order chi connectivity index (χ0) is 16.4. The highest BCUT2D eigenvalue weighted by Gasteiger charge is 2.46. The largest absolute Gasteiger partial charge is 0.493 e. The Labute approximate surface area is 137 Å². The quantitative estimate of drug-likeness (QED) is 0.904. The maximum Gasteiger partial charge on any atom is 0.314 e.